The fourth-order valence-electron chi connectivity index (χ4n) is 1.64. The van der Waals surface area contributed by atoms with E-state index >= 15 is 0 Å². The summed E-state index contributed by atoms with van der Waals surface area (Å²) in [4.78, 5) is 0. The van der Waals surface area contributed by atoms with Crippen molar-refractivity contribution in [2.75, 3.05) is 5.32 Å². The molecule has 0 aromatic carbocycles. The predicted octanol–water partition coefficient (Wildman–Crippen LogP) is 2.23. The van der Waals surface area contributed by atoms with Crippen LogP contribution in [0, 0.1) is 0 Å². The van der Waals surface area contributed by atoms with Gasteiger partial charge in [0.1, 0.15) is 5.82 Å². The molecule has 94 valence electrons. The molecule has 0 fully saturated rings. The minimum atomic E-state index is 0. The predicted molar refractivity (Wildman–Crippen MR) is 70.4 cm³/mol. The summed E-state index contributed by atoms with van der Waals surface area (Å²) in [5, 5.41) is 11.8. The molecule has 2 aromatic heterocycles. The number of aromatic nitrogens is 4. The van der Waals surface area contributed by atoms with E-state index in [4.69, 9.17) is 0 Å². The molecule has 0 amide bonds. The van der Waals surface area contributed by atoms with Gasteiger partial charge in [0, 0.05) is 31.5 Å². The van der Waals surface area contributed by atoms with Crippen LogP contribution in [0.25, 0.3) is 0 Å². The minimum absolute atomic E-state index is 0. The Morgan fingerprint density at radius 1 is 1.35 bits per heavy atom. The summed E-state index contributed by atoms with van der Waals surface area (Å²) in [7, 11) is 1.91. The fourth-order valence-corrected chi connectivity index (χ4v) is 1.64. The maximum Gasteiger partial charge on any atom is 0.148 e. The molecule has 0 aliphatic carbocycles. The Morgan fingerprint density at radius 2 is 2.12 bits per heavy atom. The van der Waals surface area contributed by atoms with Gasteiger partial charge >= 0.3 is 0 Å². The highest BCUT2D eigenvalue weighted by atomic mass is 35.5. The molecule has 5 nitrogen and oxygen atoms in total. The van der Waals surface area contributed by atoms with E-state index < -0.39 is 0 Å². The Morgan fingerprint density at radius 3 is 2.71 bits per heavy atom. The van der Waals surface area contributed by atoms with Gasteiger partial charge in [0.05, 0.1) is 12.2 Å². The monoisotopic (exact) mass is 255 g/mol. The Labute approximate surface area is 107 Å². The number of nitrogens with one attached hydrogen (secondary N) is 1. The lowest BCUT2D eigenvalue weighted by Gasteiger charge is -2.11. The van der Waals surface area contributed by atoms with Crippen molar-refractivity contribution >= 4 is 18.2 Å². The molecular weight excluding hydrogens is 238 g/mol. The lowest BCUT2D eigenvalue weighted by Crippen LogP contribution is -2.11. The van der Waals surface area contributed by atoms with E-state index in [1.54, 1.807) is 4.68 Å². The molecule has 0 spiro atoms. The molecule has 0 atom stereocenters. The van der Waals surface area contributed by atoms with Crippen LogP contribution < -0.4 is 5.32 Å². The fraction of sp³-hybridized carbons (Fsp3) is 0.455. The molecule has 2 rings (SSSR count). The van der Waals surface area contributed by atoms with Crippen molar-refractivity contribution in [1.29, 1.82) is 0 Å². The Kier molecular flexibility index (Phi) is 4.57. The van der Waals surface area contributed by atoms with E-state index in [0.29, 0.717) is 6.04 Å². The van der Waals surface area contributed by atoms with Crippen molar-refractivity contribution < 1.29 is 0 Å². The number of halogens is 1. The van der Waals surface area contributed by atoms with E-state index in [1.807, 2.05) is 36.3 Å². The highest BCUT2D eigenvalue weighted by Crippen LogP contribution is 2.10. The zero-order chi connectivity index (χ0) is 11.5. The molecule has 0 saturated heterocycles. The van der Waals surface area contributed by atoms with Crippen LogP contribution in [0.1, 0.15) is 25.6 Å². The summed E-state index contributed by atoms with van der Waals surface area (Å²) in [5.74, 6) is 0.888. The number of hydrogen-bond donors (Lipinski definition) is 1. The maximum absolute atomic E-state index is 4.28. The van der Waals surface area contributed by atoms with Gasteiger partial charge < -0.3 is 5.32 Å². The summed E-state index contributed by atoms with van der Waals surface area (Å²) < 4.78 is 3.79. The van der Waals surface area contributed by atoms with Crippen molar-refractivity contribution in [3.05, 3.63) is 30.2 Å². The van der Waals surface area contributed by atoms with Gasteiger partial charge in [-0.15, -0.1) is 12.4 Å². The van der Waals surface area contributed by atoms with Crippen molar-refractivity contribution in [3.63, 3.8) is 0 Å². The summed E-state index contributed by atoms with van der Waals surface area (Å²) in [6.07, 6.45) is 3.75. The van der Waals surface area contributed by atoms with Gasteiger partial charge in [0.25, 0.3) is 0 Å². The highest BCUT2D eigenvalue weighted by Gasteiger charge is 2.05. The molecule has 17 heavy (non-hydrogen) atoms. The second-order valence-corrected chi connectivity index (χ2v) is 4.09. The van der Waals surface area contributed by atoms with Gasteiger partial charge in [-0.2, -0.15) is 10.2 Å². The van der Waals surface area contributed by atoms with Crippen LogP contribution in [0.5, 0.6) is 0 Å². The number of hydrogen-bond acceptors (Lipinski definition) is 3. The topological polar surface area (TPSA) is 47.7 Å². The molecule has 0 aliphatic heterocycles. The van der Waals surface area contributed by atoms with Gasteiger partial charge in [-0.3, -0.25) is 9.36 Å². The molecule has 6 heteroatoms. The van der Waals surface area contributed by atoms with Crippen molar-refractivity contribution in [1.82, 2.24) is 19.6 Å². The molecule has 0 saturated carbocycles. The lowest BCUT2D eigenvalue weighted by molar-refractivity contribution is 0.512. The molecule has 1 N–H and O–H groups in total. The highest BCUT2D eigenvalue weighted by molar-refractivity contribution is 5.85. The average molecular weight is 256 g/mol. The molecule has 0 bridgehead atoms. The molecule has 0 aliphatic rings. The quantitative estimate of drug-likeness (QED) is 0.912. The number of aryl methyl sites for hydroxylation is 1. The molecule has 0 radical (unpaired) electrons. The normalized spacial score (nSPS) is 10.4. The maximum atomic E-state index is 4.28. The van der Waals surface area contributed by atoms with Crippen LogP contribution in [-0.2, 0) is 13.6 Å². The van der Waals surface area contributed by atoms with E-state index in [1.165, 1.54) is 5.69 Å². The second kappa shape index (κ2) is 5.72. The van der Waals surface area contributed by atoms with Gasteiger partial charge in [-0.25, -0.2) is 0 Å². The van der Waals surface area contributed by atoms with E-state index in [0.717, 1.165) is 12.4 Å². The Hall–Kier alpha value is -1.49. The average Bonchev–Trinajstić information content (AvgIpc) is 2.83. The van der Waals surface area contributed by atoms with Crippen LogP contribution in [0.2, 0.25) is 0 Å². The summed E-state index contributed by atoms with van der Waals surface area (Å²) in [6, 6.07) is 4.36. The van der Waals surface area contributed by atoms with Crippen molar-refractivity contribution in [2.45, 2.75) is 26.4 Å². The van der Waals surface area contributed by atoms with Crippen LogP contribution >= 0.6 is 12.4 Å². The second-order valence-electron chi connectivity index (χ2n) is 4.09. The van der Waals surface area contributed by atoms with Crippen LogP contribution in [0.15, 0.2) is 24.5 Å². The Balaban J connectivity index is 0.00000144. The SMILES string of the molecule is CC(C)n1nccc1CNc1ccn(C)n1.Cl. The van der Waals surface area contributed by atoms with Crippen LogP contribution in [0.3, 0.4) is 0 Å². The molecule has 2 aromatic rings. The minimum Gasteiger partial charge on any atom is -0.363 e. The third-order valence-corrected chi connectivity index (χ3v) is 2.41. The van der Waals surface area contributed by atoms with Crippen molar-refractivity contribution in [3.8, 4) is 0 Å². The molecule has 2 heterocycles. The standard InChI is InChI=1S/C11H17N5.ClH/c1-9(2)16-10(4-6-13-16)8-12-11-5-7-15(3)14-11;/h4-7,9H,8H2,1-3H3,(H,12,14);1H. The first-order valence-corrected chi connectivity index (χ1v) is 5.42. The van der Waals surface area contributed by atoms with E-state index in [9.17, 15) is 0 Å². The molecular formula is C11H18ClN5. The zero-order valence-electron chi connectivity index (χ0n) is 10.3. The first-order chi connectivity index (χ1) is 7.66. The number of anilines is 1. The van der Waals surface area contributed by atoms with E-state index in [2.05, 4.69) is 29.4 Å². The third-order valence-electron chi connectivity index (χ3n) is 2.41. The van der Waals surface area contributed by atoms with Crippen LogP contribution in [0.4, 0.5) is 5.82 Å². The van der Waals surface area contributed by atoms with Crippen molar-refractivity contribution in [2.24, 2.45) is 7.05 Å². The van der Waals surface area contributed by atoms with Gasteiger partial charge in [0.2, 0.25) is 0 Å². The third kappa shape index (κ3) is 3.23. The van der Waals surface area contributed by atoms with Crippen LogP contribution in [-0.4, -0.2) is 19.6 Å². The van der Waals surface area contributed by atoms with Gasteiger partial charge in [-0.1, -0.05) is 0 Å². The molecule has 0 unspecified atom stereocenters. The summed E-state index contributed by atoms with van der Waals surface area (Å²) in [6.45, 7) is 4.99. The number of nitrogens with zero attached hydrogens (tertiary/aromatic N) is 4. The smallest absolute Gasteiger partial charge is 0.148 e. The first kappa shape index (κ1) is 13.6. The number of rotatable bonds is 4. The summed E-state index contributed by atoms with van der Waals surface area (Å²) >= 11 is 0. The lowest BCUT2D eigenvalue weighted by atomic mass is 10.3. The van der Waals surface area contributed by atoms with Gasteiger partial charge in [0.15, 0.2) is 0 Å². The first-order valence-electron chi connectivity index (χ1n) is 5.42. The van der Waals surface area contributed by atoms with Gasteiger partial charge in [-0.05, 0) is 19.9 Å². The Bertz CT molecular complexity index is 460. The zero-order valence-corrected chi connectivity index (χ0v) is 11.1. The van der Waals surface area contributed by atoms with E-state index in [-0.39, 0.29) is 12.4 Å². The summed E-state index contributed by atoms with van der Waals surface area (Å²) in [5.41, 5.74) is 1.17. The largest absolute Gasteiger partial charge is 0.363 e.